The Labute approximate surface area is 222 Å². The molecule has 3 aromatic rings. The van der Waals surface area contributed by atoms with E-state index in [1.807, 2.05) is 23.1 Å². The van der Waals surface area contributed by atoms with Gasteiger partial charge in [0.05, 0.1) is 41.1 Å². The van der Waals surface area contributed by atoms with E-state index in [2.05, 4.69) is 26.9 Å². The van der Waals surface area contributed by atoms with Crippen LogP contribution in [0.1, 0.15) is 24.0 Å². The summed E-state index contributed by atoms with van der Waals surface area (Å²) >= 11 is 1.25. The molecule has 38 heavy (non-hydrogen) atoms. The van der Waals surface area contributed by atoms with Gasteiger partial charge in [0.1, 0.15) is 6.10 Å². The first-order valence-electron chi connectivity index (χ1n) is 12.9. The fourth-order valence-corrected chi connectivity index (χ4v) is 6.60. The number of ether oxygens (including phenoxy) is 2. The lowest BCUT2D eigenvalue weighted by Crippen LogP contribution is -2.66. The number of benzene rings is 2. The smallest absolute Gasteiger partial charge is 0.416 e. The Balaban J connectivity index is 1.07. The molecule has 0 saturated carbocycles. The first kappa shape index (κ1) is 25.4. The molecule has 0 radical (unpaired) electrons. The number of hydrogen-bond acceptors (Lipinski definition) is 7. The zero-order valence-corrected chi connectivity index (χ0v) is 21.6. The molecular weight excluding hydrogens is 517 g/mol. The second-order valence-electron chi connectivity index (χ2n) is 10.2. The Bertz CT molecular complexity index is 1270. The maximum Gasteiger partial charge on any atom is 0.416 e. The third-order valence-electron chi connectivity index (χ3n) is 7.51. The highest BCUT2D eigenvalue weighted by Gasteiger charge is 2.43. The second-order valence-corrected chi connectivity index (χ2v) is 11.2. The van der Waals surface area contributed by atoms with Gasteiger partial charge in [0.25, 0.3) is 0 Å². The molecule has 6 rings (SSSR count). The Morgan fingerprint density at radius 2 is 1.76 bits per heavy atom. The van der Waals surface area contributed by atoms with Crippen LogP contribution in [0, 0.1) is 0 Å². The number of nitrogens with zero attached hydrogens (tertiary/aromatic N) is 4. The maximum atomic E-state index is 13.3. The summed E-state index contributed by atoms with van der Waals surface area (Å²) in [4.78, 5) is 24.1. The van der Waals surface area contributed by atoms with E-state index < -0.39 is 11.7 Å². The Morgan fingerprint density at radius 3 is 2.45 bits per heavy atom. The van der Waals surface area contributed by atoms with E-state index in [0.29, 0.717) is 41.7 Å². The average molecular weight is 547 g/mol. The van der Waals surface area contributed by atoms with Crippen LogP contribution in [0.2, 0.25) is 0 Å². The molecule has 3 fully saturated rings. The van der Waals surface area contributed by atoms with Crippen LogP contribution < -0.4 is 4.90 Å². The molecule has 2 unspecified atom stereocenters. The molecule has 202 valence electrons. The highest BCUT2D eigenvalue weighted by Crippen LogP contribution is 2.37. The summed E-state index contributed by atoms with van der Waals surface area (Å²) in [5.74, 6) is 0. The molecule has 2 atom stereocenters. The van der Waals surface area contributed by atoms with Crippen LogP contribution in [0.3, 0.4) is 0 Å². The number of hydrogen-bond donors (Lipinski definition) is 0. The molecule has 7 nitrogen and oxygen atoms in total. The van der Waals surface area contributed by atoms with Gasteiger partial charge in [-0.3, -0.25) is 9.80 Å². The van der Waals surface area contributed by atoms with Crippen LogP contribution in [0.5, 0.6) is 0 Å². The largest absolute Gasteiger partial charge is 0.446 e. The molecular formula is C27H29F3N4O3S. The van der Waals surface area contributed by atoms with Gasteiger partial charge in [-0.25, -0.2) is 9.78 Å². The van der Waals surface area contributed by atoms with Crippen LogP contribution in [-0.2, 0) is 22.2 Å². The minimum Gasteiger partial charge on any atom is -0.446 e. The third kappa shape index (κ3) is 5.32. The van der Waals surface area contributed by atoms with E-state index in [-0.39, 0.29) is 24.3 Å². The number of morpholine rings is 1. The molecule has 3 saturated heterocycles. The molecule has 2 aromatic carbocycles. The summed E-state index contributed by atoms with van der Waals surface area (Å²) in [6.07, 6.45) is -3.20. The van der Waals surface area contributed by atoms with E-state index in [0.717, 1.165) is 44.6 Å². The Hall–Kier alpha value is -2.89. The van der Waals surface area contributed by atoms with Gasteiger partial charge in [0, 0.05) is 32.7 Å². The predicted molar refractivity (Wildman–Crippen MR) is 138 cm³/mol. The number of halogens is 3. The molecule has 1 amide bonds. The summed E-state index contributed by atoms with van der Waals surface area (Å²) < 4.78 is 51.6. The maximum absolute atomic E-state index is 13.3. The summed E-state index contributed by atoms with van der Waals surface area (Å²) in [5, 5.41) is 0.662. The molecule has 3 aliphatic heterocycles. The van der Waals surface area contributed by atoms with E-state index in [1.54, 1.807) is 0 Å². The van der Waals surface area contributed by atoms with Crippen molar-refractivity contribution in [3.05, 3.63) is 59.7 Å². The van der Waals surface area contributed by atoms with Crippen LogP contribution in [0.25, 0.3) is 10.2 Å². The number of alkyl halides is 3. The highest BCUT2D eigenvalue weighted by atomic mass is 32.1. The van der Waals surface area contributed by atoms with Crippen molar-refractivity contribution < 1.29 is 27.4 Å². The zero-order chi connectivity index (χ0) is 26.3. The quantitative estimate of drug-likeness (QED) is 0.459. The van der Waals surface area contributed by atoms with Gasteiger partial charge >= 0.3 is 12.3 Å². The van der Waals surface area contributed by atoms with Crippen molar-refractivity contribution in [2.75, 3.05) is 44.3 Å². The van der Waals surface area contributed by atoms with Gasteiger partial charge in [-0.05, 0) is 36.6 Å². The Kier molecular flexibility index (Phi) is 6.92. The van der Waals surface area contributed by atoms with Crippen molar-refractivity contribution >= 4 is 32.8 Å². The SMILES string of the molecule is O=C(OC1CCN(Cc2ccccc2)CC1)N1C2COCC1CN(c1nc3ccc(C(F)(F)F)cc3s1)C2. The predicted octanol–water partition coefficient (Wildman–Crippen LogP) is 5.01. The number of piperidine rings is 1. The first-order valence-corrected chi connectivity index (χ1v) is 13.7. The highest BCUT2D eigenvalue weighted by molar-refractivity contribution is 7.22. The summed E-state index contributed by atoms with van der Waals surface area (Å²) in [7, 11) is 0. The van der Waals surface area contributed by atoms with Gasteiger partial charge in [-0.15, -0.1) is 0 Å². The molecule has 0 aliphatic carbocycles. The number of fused-ring (bicyclic) bond motifs is 3. The second kappa shape index (κ2) is 10.3. The minimum atomic E-state index is -4.39. The van der Waals surface area contributed by atoms with Gasteiger partial charge in [-0.2, -0.15) is 13.2 Å². The van der Waals surface area contributed by atoms with Crippen LogP contribution in [-0.4, -0.2) is 78.5 Å². The van der Waals surface area contributed by atoms with Crippen molar-refractivity contribution in [2.45, 2.75) is 43.8 Å². The number of amides is 1. The lowest BCUT2D eigenvalue weighted by atomic mass is 10.1. The monoisotopic (exact) mass is 546 g/mol. The van der Waals surface area contributed by atoms with E-state index in [1.165, 1.54) is 23.0 Å². The fraction of sp³-hybridized carbons (Fsp3) is 0.481. The number of rotatable bonds is 4. The molecule has 0 N–H and O–H groups in total. The molecule has 3 aliphatic rings. The van der Waals surface area contributed by atoms with E-state index in [4.69, 9.17) is 9.47 Å². The fourth-order valence-electron chi connectivity index (χ4n) is 5.57. The number of thiazole rings is 1. The van der Waals surface area contributed by atoms with Crippen molar-refractivity contribution in [1.82, 2.24) is 14.8 Å². The number of piperazine rings is 1. The molecule has 11 heteroatoms. The van der Waals surface area contributed by atoms with E-state index in [9.17, 15) is 18.0 Å². The number of carbonyl (C=O) groups excluding carboxylic acids is 1. The first-order chi connectivity index (χ1) is 18.3. The molecule has 0 spiro atoms. The van der Waals surface area contributed by atoms with Crippen molar-refractivity contribution in [2.24, 2.45) is 0 Å². The number of likely N-dealkylation sites (tertiary alicyclic amines) is 1. The van der Waals surface area contributed by atoms with Crippen LogP contribution in [0.15, 0.2) is 48.5 Å². The standard InChI is InChI=1S/C27H29F3N4O3S/c28-27(29,30)19-6-7-23-24(12-19)38-25(31-23)33-14-20-16-36-17-21(15-33)34(20)26(35)37-22-8-10-32(11-9-22)13-18-4-2-1-3-5-18/h1-7,12,20-22H,8-11,13-17H2. The topological polar surface area (TPSA) is 58.1 Å². The minimum absolute atomic E-state index is 0.110. The zero-order valence-electron chi connectivity index (χ0n) is 20.8. The van der Waals surface area contributed by atoms with Crippen molar-refractivity contribution in [1.29, 1.82) is 0 Å². The van der Waals surface area contributed by atoms with Gasteiger partial charge in [0.2, 0.25) is 0 Å². The third-order valence-corrected chi connectivity index (χ3v) is 8.59. The molecule has 1 aromatic heterocycles. The number of anilines is 1. The van der Waals surface area contributed by atoms with Crippen molar-refractivity contribution in [3.63, 3.8) is 0 Å². The molecule has 4 heterocycles. The van der Waals surface area contributed by atoms with Crippen LogP contribution >= 0.6 is 11.3 Å². The lowest BCUT2D eigenvalue weighted by molar-refractivity contribution is -0.137. The summed E-state index contributed by atoms with van der Waals surface area (Å²) in [6, 6.07) is 13.6. The number of carbonyl (C=O) groups is 1. The van der Waals surface area contributed by atoms with Gasteiger partial charge in [0.15, 0.2) is 5.13 Å². The van der Waals surface area contributed by atoms with Crippen LogP contribution in [0.4, 0.5) is 23.1 Å². The average Bonchev–Trinajstić information content (AvgIpc) is 3.33. The van der Waals surface area contributed by atoms with Gasteiger partial charge < -0.3 is 14.4 Å². The summed E-state index contributed by atoms with van der Waals surface area (Å²) in [6.45, 7) is 4.42. The van der Waals surface area contributed by atoms with Crippen molar-refractivity contribution in [3.8, 4) is 0 Å². The van der Waals surface area contributed by atoms with Gasteiger partial charge in [-0.1, -0.05) is 41.7 Å². The van der Waals surface area contributed by atoms with E-state index >= 15 is 0 Å². The summed E-state index contributed by atoms with van der Waals surface area (Å²) in [5.41, 5.74) is 1.14. The lowest BCUT2D eigenvalue weighted by Gasteiger charge is -2.49. The molecule has 2 bridgehead atoms. The Morgan fingerprint density at radius 1 is 1.05 bits per heavy atom. The normalized spacial score (nSPS) is 23.1. The number of aromatic nitrogens is 1.